The van der Waals surface area contributed by atoms with Crippen LogP contribution in [0.3, 0.4) is 0 Å². The first-order chi connectivity index (χ1) is 10.7. The first kappa shape index (κ1) is 19.4. The van der Waals surface area contributed by atoms with Crippen molar-refractivity contribution < 1.29 is 23.1 Å². The Morgan fingerprint density at radius 2 is 2.00 bits per heavy atom. The summed E-state index contributed by atoms with van der Waals surface area (Å²) >= 11 is 0. The molecule has 1 unspecified atom stereocenters. The first-order valence-corrected chi connectivity index (χ1v) is 7.52. The number of carbonyl (C=O) groups is 1. The van der Waals surface area contributed by atoms with Gasteiger partial charge in [-0.3, -0.25) is 4.79 Å². The SMILES string of the molecule is CC(C)CNC(=O)c1cccc(CNC(CCO)C(F)(F)F)c1. The minimum atomic E-state index is -4.42. The summed E-state index contributed by atoms with van der Waals surface area (Å²) in [5.74, 6) is 0.0677. The molecule has 0 fully saturated rings. The maximum absolute atomic E-state index is 12.8. The molecule has 4 nitrogen and oxygen atoms in total. The smallest absolute Gasteiger partial charge is 0.396 e. The molecule has 0 radical (unpaired) electrons. The van der Waals surface area contributed by atoms with Crippen molar-refractivity contribution in [3.05, 3.63) is 35.4 Å². The Hall–Kier alpha value is -1.60. The Morgan fingerprint density at radius 1 is 1.30 bits per heavy atom. The molecule has 23 heavy (non-hydrogen) atoms. The summed E-state index contributed by atoms with van der Waals surface area (Å²) in [5, 5.41) is 13.9. The lowest BCUT2D eigenvalue weighted by atomic mass is 10.1. The van der Waals surface area contributed by atoms with Crippen molar-refractivity contribution in [2.45, 2.75) is 39.0 Å². The van der Waals surface area contributed by atoms with Crippen LogP contribution in [-0.2, 0) is 6.54 Å². The van der Waals surface area contributed by atoms with Gasteiger partial charge >= 0.3 is 6.18 Å². The van der Waals surface area contributed by atoms with Crippen LogP contribution >= 0.6 is 0 Å². The number of benzene rings is 1. The molecule has 1 atom stereocenters. The van der Waals surface area contributed by atoms with Gasteiger partial charge in [-0.15, -0.1) is 0 Å². The summed E-state index contributed by atoms with van der Waals surface area (Å²) in [6, 6.07) is 4.70. The molecule has 0 aliphatic heterocycles. The highest BCUT2D eigenvalue weighted by atomic mass is 19.4. The molecule has 0 heterocycles. The number of halogens is 3. The minimum absolute atomic E-state index is 0.0323. The highest BCUT2D eigenvalue weighted by molar-refractivity contribution is 5.94. The normalized spacial score (nSPS) is 13.2. The second kappa shape index (κ2) is 8.88. The number of aliphatic hydroxyl groups is 1. The van der Waals surface area contributed by atoms with E-state index in [1.165, 1.54) is 0 Å². The zero-order valence-corrected chi connectivity index (χ0v) is 13.3. The zero-order chi connectivity index (χ0) is 17.5. The predicted molar refractivity (Wildman–Crippen MR) is 82.0 cm³/mol. The second-order valence-electron chi connectivity index (χ2n) is 5.79. The summed E-state index contributed by atoms with van der Waals surface area (Å²) in [6.45, 7) is 3.90. The van der Waals surface area contributed by atoms with Crippen LogP contribution in [0.2, 0.25) is 0 Å². The molecule has 0 saturated carbocycles. The van der Waals surface area contributed by atoms with E-state index in [9.17, 15) is 18.0 Å². The van der Waals surface area contributed by atoms with Crippen LogP contribution < -0.4 is 10.6 Å². The lowest BCUT2D eigenvalue weighted by molar-refractivity contribution is -0.159. The van der Waals surface area contributed by atoms with Gasteiger partial charge in [0.05, 0.1) is 0 Å². The van der Waals surface area contributed by atoms with Crippen molar-refractivity contribution in [3.63, 3.8) is 0 Å². The largest absolute Gasteiger partial charge is 0.403 e. The van der Waals surface area contributed by atoms with Crippen molar-refractivity contribution in [2.75, 3.05) is 13.2 Å². The van der Waals surface area contributed by atoms with Gasteiger partial charge in [-0.1, -0.05) is 26.0 Å². The van der Waals surface area contributed by atoms with Crippen LogP contribution in [0.4, 0.5) is 13.2 Å². The van der Waals surface area contributed by atoms with Gasteiger partial charge in [0.15, 0.2) is 0 Å². The van der Waals surface area contributed by atoms with Crippen LogP contribution in [0.25, 0.3) is 0 Å². The van der Waals surface area contributed by atoms with Gasteiger partial charge in [-0.25, -0.2) is 0 Å². The molecule has 130 valence electrons. The number of nitrogens with one attached hydrogen (secondary N) is 2. The third-order valence-corrected chi connectivity index (χ3v) is 3.23. The lowest BCUT2D eigenvalue weighted by Gasteiger charge is -2.21. The highest BCUT2D eigenvalue weighted by Gasteiger charge is 2.38. The Kier molecular flexibility index (Phi) is 7.51. The molecular weight excluding hydrogens is 309 g/mol. The zero-order valence-electron chi connectivity index (χ0n) is 13.3. The van der Waals surface area contributed by atoms with Crippen molar-refractivity contribution in [2.24, 2.45) is 5.92 Å². The van der Waals surface area contributed by atoms with E-state index in [1.54, 1.807) is 24.3 Å². The maximum atomic E-state index is 12.8. The van der Waals surface area contributed by atoms with Crippen molar-refractivity contribution in [1.82, 2.24) is 10.6 Å². The summed E-state index contributed by atoms with van der Waals surface area (Å²) < 4.78 is 38.3. The number of alkyl halides is 3. The van der Waals surface area contributed by atoms with Crippen LogP contribution in [0.5, 0.6) is 0 Å². The molecule has 1 aromatic carbocycles. The number of rotatable bonds is 8. The fourth-order valence-corrected chi connectivity index (χ4v) is 1.97. The molecular formula is C16H23F3N2O2. The standard InChI is InChI=1S/C16H23F3N2O2/c1-11(2)9-21-15(23)13-5-3-4-12(8-13)10-20-14(6-7-22)16(17,18)19/h3-5,8,11,14,20,22H,6-7,9-10H2,1-2H3,(H,21,23). The number of amides is 1. The van der Waals surface area contributed by atoms with Crippen LogP contribution in [-0.4, -0.2) is 36.4 Å². The third-order valence-electron chi connectivity index (χ3n) is 3.23. The van der Waals surface area contributed by atoms with Gasteiger partial charge in [0, 0.05) is 25.3 Å². The Balaban J connectivity index is 2.67. The van der Waals surface area contributed by atoms with Crippen LogP contribution in [0, 0.1) is 5.92 Å². The molecule has 0 aliphatic rings. The molecule has 0 bridgehead atoms. The molecule has 7 heteroatoms. The van der Waals surface area contributed by atoms with Crippen LogP contribution in [0.15, 0.2) is 24.3 Å². The van der Waals surface area contributed by atoms with Gasteiger partial charge < -0.3 is 15.7 Å². The maximum Gasteiger partial charge on any atom is 0.403 e. The summed E-state index contributed by atoms with van der Waals surface area (Å²) in [5.41, 5.74) is 0.991. The van der Waals surface area contributed by atoms with Gasteiger partial charge in [0.25, 0.3) is 5.91 Å². The Labute approximate surface area is 134 Å². The first-order valence-electron chi connectivity index (χ1n) is 7.52. The molecule has 0 aromatic heterocycles. The minimum Gasteiger partial charge on any atom is -0.396 e. The van der Waals surface area contributed by atoms with Gasteiger partial charge in [-0.2, -0.15) is 13.2 Å². The Morgan fingerprint density at radius 3 is 2.57 bits per heavy atom. The van der Waals surface area contributed by atoms with E-state index < -0.39 is 25.2 Å². The molecule has 3 N–H and O–H groups in total. The third kappa shape index (κ3) is 7.00. The van der Waals surface area contributed by atoms with E-state index in [0.717, 1.165) is 0 Å². The monoisotopic (exact) mass is 332 g/mol. The quantitative estimate of drug-likeness (QED) is 0.685. The van der Waals surface area contributed by atoms with Crippen molar-refractivity contribution >= 4 is 5.91 Å². The predicted octanol–water partition coefficient (Wildman–Crippen LogP) is 2.48. The number of hydrogen-bond acceptors (Lipinski definition) is 3. The fourth-order valence-electron chi connectivity index (χ4n) is 1.97. The topological polar surface area (TPSA) is 61.4 Å². The molecule has 1 aromatic rings. The van der Waals surface area contributed by atoms with E-state index in [2.05, 4.69) is 10.6 Å². The molecule has 0 aliphatic carbocycles. The van der Waals surface area contributed by atoms with Crippen molar-refractivity contribution in [3.8, 4) is 0 Å². The number of carbonyl (C=O) groups excluding carboxylic acids is 1. The average molecular weight is 332 g/mol. The van der Waals surface area contributed by atoms with Crippen LogP contribution in [0.1, 0.15) is 36.2 Å². The van der Waals surface area contributed by atoms with Gasteiger partial charge in [-0.05, 0) is 30.0 Å². The lowest BCUT2D eigenvalue weighted by Crippen LogP contribution is -2.42. The van der Waals surface area contributed by atoms with E-state index in [-0.39, 0.29) is 12.5 Å². The number of aliphatic hydroxyl groups excluding tert-OH is 1. The Bertz CT molecular complexity index is 504. The molecule has 0 spiro atoms. The highest BCUT2D eigenvalue weighted by Crippen LogP contribution is 2.22. The summed E-state index contributed by atoms with van der Waals surface area (Å²) in [4.78, 5) is 12.0. The number of hydrogen-bond donors (Lipinski definition) is 3. The van der Waals surface area contributed by atoms with E-state index in [1.807, 2.05) is 13.8 Å². The van der Waals surface area contributed by atoms with E-state index in [4.69, 9.17) is 5.11 Å². The summed E-state index contributed by atoms with van der Waals surface area (Å²) in [7, 11) is 0. The second-order valence-corrected chi connectivity index (χ2v) is 5.79. The van der Waals surface area contributed by atoms with Gasteiger partial charge in [0.1, 0.15) is 6.04 Å². The van der Waals surface area contributed by atoms with Gasteiger partial charge in [0.2, 0.25) is 0 Å². The van der Waals surface area contributed by atoms with Crippen molar-refractivity contribution in [1.29, 1.82) is 0 Å². The van der Waals surface area contributed by atoms with E-state index in [0.29, 0.717) is 23.6 Å². The molecule has 1 rings (SSSR count). The fraction of sp³-hybridized carbons (Fsp3) is 0.562. The van der Waals surface area contributed by atoms with E-state index >= 15 is 0 Å². The molecule has 1 amide bonds. The summed E-state index contributed by atoms with van der Waals surface area (Å²) in [6.07, 6.45) is -4.83. The molecule has 0 saturated heterocycles. The average Bonchev–Trinajstić information content (AvgIpc) is 2.48.